The molecule has 1 amide bonds. The van der Waals surface area contributed by atoms with Gasteiger partial charge in [0.2, 0.25) is 5.91 Å². The Labute approximate surface area is 123 Å². The largest absolute Gasteiger partial charge is 0.404 e. The zero-order valence-electron chi connectivity index (χ0n) is 10.2. The topological polar surface area (TPSA) is 41.1 Å². The molecule has 0 aliphatic carbocycles. The lowest BCUT2D eigenvalue weighted by molar-refractivity contribution is -0.167. The smallest absolute Gasteiger partial charge is 0.332 e. The van der Waals surface area contributed by atoms with Crippen molar-refractivity contribution in [1.82, 2.24) is 10.6 Å². The van der Waals surface area contributed by atoms with E-state index in [1.807, 2.05) is 0 Å². The Morgan fingerprint density at radius 3 is 2.55 bits per heavy atom. The van der Waals surface area contributed by atoms with Crippen LogP contribution in [-0.2, 0) is 10.5 Å². The SMILES string of the molecule is O=C1CC(C(F)(F)F)NC(SCc2ccc(Cl)cc2)N1. The molecule has 1 saturated heterocycles. The number of alkyl halides is 3. The molecule has 8 heteroatoms. The quantitative estimate of drug-likeness (QED) is 0.898. The van der Waals surface area contributed by atoms with Gasteiger partial charge in [0.05, 0.1) is 6.42 Å². The molecule has 0 bridgehead atoms. The highest BCUT2D eigenvalue weighted by Crippen LogP contribution is 2.27. The fourth-order valence-corrected chi connectivity index (χ4v) is 2.89. The summed E-state index contributed by atoms with van der Waals surface area (Å²) in [6.45, 7) is 0. The maximum Gasteiger partial charge on any atom is 0.404 e. The summed E-state index contributed by atoms with van der Waals surface area (Å²) in [6, 6.07) is 5.22. The summed E-state index contributed by atoms with van der Waals surface area (Å²) < 4.78 is 37.9. The summed E-state index contributed by atoms with van der Waals surface area (Å²) in [7, 11) is 0. The van der Waals surface area contributed by atoms with E-state index in [9.17, 15) is 18.0 Å². The molecule has 0 radical (unpaired) electrons. The molecule has 2 N–H and O–H groups in total. The summed E-state index contributed by atoms with van der Waals surface area (Å²) in [5, 5.41) is 5.47. The van der Waals surface area contributed by atoms with Gasteiger partial charge in [0.1, 0.15) is 11.5 Å². The van der Waals surface area contributed by atoms with Gasteiger partial charge in [-0.25, -0.2) is 0 Å². The van der Waals surface area contributed by atoms with Crippen molar-refractivity contribution >= 4 is 29.3 Å². The molecule has 2 atom stereocenters. The second kappa shape index (κ2) is 6.24. The molecule has 20 heavy (non-hydrogen) atoms. The summed E-state index contributed by atoms with van der Waals surface area (Å²) >= 11 is 6.94. The molecule has 1 aliphatic rings. The van der Waals surface area contributed by atoms with Crippen LogP contribution < -0.4 is 10.6 Å². The maximum absolute atomic E-state index is 12.6. The average molecular weight is 325 g/mol. The van der Waals surface area contributed by atoms with Crippen LogP contribution in [0.2, 0.25) is 5.02 Å². The van der Waals surface area contributed by atoms with Gasteiger partial charge in [0.15, 0.2) is 0 Å². The number of thioether (sulfide) groups is 1. The number of halogens is 4. The number of carbonyl (C=O) groups is 1. The van der Waals surface area contributed by atoms with Crippen LogP contribution in [0.15, 0.2) is 24.3 Å². The normalized spacial score (nSPS) is 23.5. The lowest BCUT2D eigenvalue weighted by Gasteiger charge is -2.32. The minimum absolute atomic E-state index is 0.472. The van der Waals surface area contributed by atoms with Gasteiger partial charge in [-0.2, -0.15) is 13.2 Å². The fourth-order valence-electron chi connectivity index (χ4n) is 1.73. The predicted octanol–water partition coefficient (Wildman–Crippen LogP) is 2.90. The van der Waals surface area contributed by atoms with Gasteiger partial charge in [0.25, 0.3) is 0 Å². The summed E-state index contributed by atoms with van der Waals surface area (Å²) in [4.78, 5) is 11.3. The van der Waals surface area contributed by atoms with Crippen LogP contribution in [-0.4, -0.2) is 23.6 Å². The monoisotopic (exact) mass is 324 g/mol. The van der Waals surface area contributed by atoms with Crippen molar-refractivity contribution in [1.29, 1.82) is 0 Å². The lowest BCUT2D eigenvalue weighted by atomic mass is 10.1. The molecular formula is C12H12ClF3N2OS. The third-order valence-corrected chi connectivity index (χ3v) is 4.10. The molecule has 0 spiro atoms. The van der Waals surface area contributed by atoms with Crippen LogP contribution in [0.4, 0.5) is 13.2 Å². The number of carbonyl (C=O) groups excluding carboxylic acids is 1. The zero-order chi connectivity index (χ0) is 14.8. The van der Waals surface area contributed by atoms with Crippen molar-refractivity contribution < 1.29 is 18.0 Å². The van der Waals surface area contributed by atoms with E-state index in [0.29, 0.717) is 10.8 Å². The fraction of sp³-hybridized carbons (Fsp3) is 0.417. The first-order valence-corrected chi connectivity index (χ1v) is 7.25. The van der Waals surface area contributed by atoms with Crippen LogP contribution >= 0.6 is 23.4 Å². The summed E-state index contributed by atoms with van der Waals surface area (Å²) in [6.07, 6.45) is -5.00. The van der Waals surface area contributed by atoms with Crippen molar-refractivity contribution in [2.45, 2.75) is 29.9 Å². The minimum atomic E-state index is -4.42. The summed E-state index contributed by atoms with van der Waals surface area (Å²) in [5.74, 6) is -0.126. The average Bonchev–Trinajstić information content (AvgIpc) is 2.36. The molecule has 3 nitrogen and oxygen atoms in total. The first kappa shape index (κ1) is 15.5. The van der Waals surface area contributed by atoms with Gasteiger partial charge in [-0.1, -0.05) is 23.7 Å². The molecule has 110 valence electrons. The van der Waals surface area contributed by atoms with Crippen molar-refractivity contribution in [3.63, 3.8) is 0 Å². The van der Waals surface area contributed by atoms with Gasteiger partial charge < -0.3 is 5.32 Å². The molecule has 0 saturated carbocycles. The number of hydrogen-bond donors (Lipinski definition) is 2. The molecule has 2 unspecified atom stereocenters. The van der Waals surface area contributed by atoms with Crippen molar-refractivity contribution in [2.24, 2.45) is 0 Å². The van der Waals surface area contributed by atoms with Gasteiger partial charge in [-0.3, -0.25) is 10.1 Å². The molecule has 1 heterocycles. The molecule has 1 aliphatic heterocycles. The second-order valence-electron chi connectivity index (χ2n) is 4.35. The third kappa shape index (κ3) is 4.29. The van der Waals surface area contributed by atoms with Gasteiger partial charge >= 0.3 is 6.18 Å². The highest BCUT2D eigenvalue weighted by Gasteiger charge is 2.44. The maximum atomic E-state index is 12.6. The molecule has 1 aromatic carbocycles. The number of benzene rings is 1. The molecular weight excluding hydrogens is 313 g/mol. The van der Waals surface area contributed by atoms with Gasteiger partial charge in [0, 0.05) is 10.8 Å². The third-order valence-electron chi connectivity index (χ3n) is 2.76. The first-order chi connectivity index (χ1) is 9.34. The van der Waals surface area contributed by atoms with Crippen molar-refractivity contribution in [3.8, 4) is 0 Å². The minimum Gasteiger partial charge on any atom is -0.332 e. The van der Waals surface area contributed by atoms with Gasteiger partial charge in [-0.05, 0) is 17.7 Å². The number of hydrogen-bond acceptors (Lipinski definition) is 3. The highest BCUT2D eigenvalue weighted by molar-refractivity contribution is 7.99. The highest BCUT2D eigenvalue weighted by atomic mass is 35.5. The van der Waals surface area contributed by atoms with Crippen LogP contribution in [0.25, 0.3) is 0 Å². The van der Waals surface area contributed by atoms with Crippen molar-refractivity contribution in [3.05, 3.63) is 34.9 Å². The Hall–Kier alpha value is -0.920. The van der Waals surface area contributed by atoms with Crippen molar-refractivity contribution in [2.75, 3.05) is 0 Å². The van der Waals surface area contributed by atoms with E-state index in [1.54, 1.807) is 24.3 Å². The first-order valence-electron chi connectivity index (χ1n) is 5.83. The molecule has 0 aromatic heterocycles. The Balaban J connectivity index is 1.92. The van der Waals surface area contributed by atoms with Crippen LogP contribution in [0.3, 0.4) is 0 Å². The molecule has 2 rings (SSSR count). The Morgan fingerprint density at radius 2 is 1.95 bits per heavy atom. The second-order valence-corrected chi connectivity index (χ2v) is 5.88. The zero-order valence-corrected chi connectivity index (χ0v) is 11.8. The van der Waals surface area contributed by atoms with E-state index in [2.05, 4.69) is 10.6 Å². The Morgan fingerprint density at radius 1 is 1.30 bits per heavy atom. The predicted molar refractivity (Wildman–Crippen MR) is 72.3 cm³/mol. The van der Waals surface area contributed by atoms with E-state index in [4.69, 9.17) is 11.6 Å². The number of amides is 1. The van der Waals surface area contributed by atoms with E-state index in [0.717, 1.165) is 5.56 Å². The standard InChI is InChI=1S/C12H12ClF3N2OS/c13-8-3-1-7(2-4-8)6-20-11-17-9(12(14,15)16)5-10(19)18-11/h1-4,9,11,17H,5-6H2,(H,18,19). The Kier molecular flexibility index (Phi) is 4.82. The van der Waals surface area contributed by atoms with Crippen LogP contribution in [0.1, 0.15) is 12.0 Å². The van der Waals surface area contributed by atoms with E-state index >= 15 is 0 Å². The molecule has 1 fully saturated rings. The number of nitrogens with one attached hydrogen (secondary N) is 2. The van der Waals surface area contributed by atoms with Crippen LogP contribution in [0.5, 0.6) is 0 Å². The van der Waals surface area contributed by atoms with E-state index in [1.165, 1.54) is 11.8 Å². The summed E-state index contributed by atoms with van der Waals surface area (Å²) in [5.41, 5.74) is 0.170. The van der Waals surface area contributed by atoms with Crippen LogP contribution in [0, 0.1) is 0 Å². The van der Waals surface area contributed by atoms with E-state index < -0.39 is 30.0 Å². The number of rotatable bonds is 3. The van der Waals surface area contributed by atoms with Gasteiger partial charge in [-0.15, -0.1) is 11.8 Å². The lowest BCUT2D eigenvalue weighted by Crippen LogP contribution is -2.59. The van der Waals surface area contributed by atoms with E-state index in [-0.39, 0.29) is 0 Å². The Bertz CT molecular complexity index is 481. The molecule has 1 aromatic rings.